The third kappa shape index (κ3) is 4.72. The number of thiocarbonyl (C=S) groups is 1. The van der Waals surface area contributed by atoms with Gasteiger partial charge in [0.05, 0.1) is 30.3 Å². The summed E-state index contributed by atoms with van der Waals surface area (Å²) >= 11 is 6.51. The van der Waals surface area contributed by atoms with Gasteiger partial charge in [0.1, 0.15) is 15.8 Å². The molecule has 0 unspecified atom stereocenters. The number of nitrogens with zero attached hydrogens (tertiary/aromatic N) is 3. The minimum absolute atomic E-state index is 0.0559. The first-order valence-electron chi connectivity index (χ1n) is 9.67. The van der Waals surface area contributed by atoms with Gasteiger partial charge < -0.3 is 15.2 Å². The lowest BCUT2D eigenvalue weighted by Gasteiger charge is -2.13. The van der Waals surface area contributed by atoms with E-state index in [9.17, 15) is 9.59 Å². The number of aliphatic hydroxyl groups is 1. The number of fused-ring (bicyclic) bond motifs is 1. The van der Waals surface area contributed by atoms with Crippen LogP contribution in [0.5, 0.6) is 0 Å². The van der Waals surface area contributed by atoms with Crippen LogP contribution in [-0.2, 0) is 9.53 Å². The molecule has 160 valence electrons. The summed E-state index contributed by atoms with van der Waals surface area (Å²) < 4.78 is 7.23. The Hall–Kier alpha value is -2.27. The van der Waals surface area contributed by atoms with Crippen LogP contribution in [0.4, 0.5) is 5.82 Å². The molecule has 1 aliphatic rings. The second-order valence-corrected chi connectivity index (χ2v) is 8.34. The first kappa shape index (κ1) is 22.4. The van der Waals surface area contributed by atoms with Crippen molar-refractivity contribution >= 4 is 51.7 Å². The van der Waals surface area contributed by atoms with Crippen molar-refractivity contribution < 1.29 is 14.6 Å². The van der Waals surface area contributed by atoms with Crippen LogP contribution in [0.3, 0.4) is 0 Å². The topological polar surface area (TPSA) is 96.2 Å². The van der Waals surface area contributed by atoms with Gasteiger partial charge in [-0.25, -0.2) is 4.98 Å². The van der Waals surface area contributed by atoms with Crippen LogP contribution in [0, 0.1) is 6.92 Å². The maximum absolute atomic E-state index is 13.2. The summed E-state index contributed by atoms with van der Waals surface area (Å²) in [6.07, 6.45) is 4.02. The predicted octanol–water partition coefficient (Wildman–Crippen LogP) is 2.03. The molecule has 8 nitrogen and oxygen atoms in total. The largest absolute Gasteiger partial charge is 0.394 e. The smallest absolute Gasteiger partial charge is 0.267 e. The number of carbonyl (C=O) groups is 1. The summed E-state index contributed by atoms with van der Waals surface area (Å²) in [5, 5.41) is 11.9. The highest BCUT2D eigenvalue weighted by Gasteiger charge is 2.32. The molecule has 1 amide bonds. The van der Waals surface area contributed by atoms with Gasteiger partial charge in [-0.3, -0.25) is 18.9 Å². The fourth-order valence-electron chi connectivity index (χ4n) is 3.03. The summed E-state index contributed by atoms with van der Waals surface area (Å²) in [6, 6.07) is 3.66. The number of nitrogens with one attached hydrogen (secondary N) is 1. The Labute approximate surface area is 183 Å². The molecule has 1 aliphatic heterocycles. The summed E-state index contributed by atoms with van der Waals surface area (Å²) in [7, 11) is 0. The molecule has 10 heteroatoms. The van der Waals surface area contributed by atoms with E-state index in [1.54, 1.807) is 23.2 Å². The number of aryl methyl sites for hydroxylation is 1. The summed E-state index contributed by atoms with van der Waals surface area (Å²) in [4.78, 5) is 32.6. The Balaban J connectivity index is 2.02. The number of thioether (sulfide) groups is 1. The number of hydrogen-bond donors (Lipinski definition) is 2. The number of amides is 1. The number of aromatic nitrogens is 2. The van der Waals surface area contributed by atoms with Crippen molar-refractivity contribution in [3.8, 4) is 0 Å². The van der Waals surface area contributed by atoms with Gasteiger partial charge in [0.25, 0.3) is 11.5 Å². The average Bonchev–Trinajstić information content (AvgIpc) is 2.99. The Morgan fingerprint density at radius 2 is 2.17 bits per heavy atom. The molecule has 1 saturated heterocycles. The van der Waals surface area contributed by atoms with Crippen molar-refractivity contribution in [2.24, 2.45) is 0 Å². The number of ether oxygens (including phenoxy) is 1. The van der Waals surface area contributed by atoms with Gasteiger partial charge in [-0.2, -0.15) is 0 Å². The zero-order chi connectivity index (χ0) is 21.7. The van der Waals surface area contributed by atoms with Crippen LogP contribution in [0.15, 0.2) is 28.0 Å². The Morgan fingerprint density at radius 1 is 1.37 bits per heavy atom. The van der Waals surface area contributed by atoms with Crippen molar-refractivity contribution in [2.75, 3.05) is 38.2 Å². The molecule has 0 aliphatic carbocycles. The predicted molar refractivity (Wildman–Crippen MR) is 123 cm³/mol. The molecule has 2 aromatic heterocycles. The lowest BCUT2D eigenvalue weighted by molar-refractivity contribution is -0.122. The fourth-order valence-corrected chi connectivity index (χ4v) is 4.32. The average molecular weight is 449 g/mol. The van der Waals surface area contributed by atoms with E-state index in [0.29, 0.717) is 40.4 Å². The Bertz CT molecular complexity index is 1050. The van der Waals surface area contributed by atoms with Gasteiger partial charge >= 0.3 is 0 Å². The van der Waals surface area contributed by atoms with Crippen molar-refractivity contribution in [2.45, 2.75) is 20.3 Å². The third-order valence-corrected chi connectivity index (χ3v) is 5.83. The molecule has 2 N–H and O–H groups in total. The van der Waals surface area contributed by atoms with E-state index in [2.05, 4.69) is 10.3 Å². The number of aliphatic hydroxyl groups excluding tert-OH is 1. The molecule has 0 spiro atoms. The lowest BCUT2D eigenvalue weighted by atomic mass is 10.2. The summed E-state index contributed by atoms with van der Waals surface area (Å²) in [5.74, 6) is 0.181. The Kier molecular flexibility index (Phi) is 7.59. The van der Waals surface area contributed by atoms with E-state index in [-0.39, 0.29) is 30.2 Å². The van der Waals surface area contributed by atoms with Gasteiger partial charge in [0.15, 0.2) is 0 Å². The zero-order valence-corrected chi connectivity index (χ0v) is 18.5. The second kappa shape index (κ2) is 10.2. The van der Waals surface area contributed by atoms with Crippen LogP contribution < -0.4 is 10.9 Å². The second-order valence-electron chi connectivity index (χ2n) is 6.66. The summed E-state index contributed by atoms with van der Waals surface area (Å²) in [5.41, 5.74) is 1.41. The Morgan fingerprint density at radius 3 is 2.90 bits per heavy atom. The molecular weight excluding hydrogens is 424 g/mol. The van der Waals surface area contributed by atoms with E-state index in [4.69, 9.17) is 22.1 Å². The number of pyridine rings is 1. The summed E-state index contributed by atoms with van der Waals surface area (Å²) in [6.45, 7) is 5.32. The molecule has 0 bridgehead atoms. The fraction of sp³-hybridized carbons (Fsp3) is 0.400. The quantitative estimate of drug-likeness (QED) is 0.342. The van der Waals surface area contributed by atoms with Gasteiger partial charge in [-0.1, -0.05) is 37.0 Å². The highest BCUT2D eigenvalue weighted by molar-refractivity contribution is 8.26. The third-order valence-electron chi connectivity index (χ3n) is 4.45. The van der Waals surface area contributed by atoms with Gasteiger partial charge in [0.2, 0.25) is 0 Å². The van der Waals surface area contributed by atoms with Crippen molar-refractivity contribution in [3.05, 3.63) is 44.7 Å². The molecule has 0 saturated carbocycles. The van der Waals surface area contributed by atoms with E-state index >= 15 is 0 Å². The number of rotatable bonds is 9. The number of carbonyl (C=O) groups excluding carboxylic acids is 1. The maximum atomic E-state index is 13.2. The van der Waals surface area contributed by atoms with Gasteiger partial charge in [0, 0.05) is 19.3 Å². The molecule has 0 radical (unpaired) electrons. The first-order chi connectivity index (χ1) is 14.5. The van der Waals surface area contributed by atoms with Crippen molar-refractivity contribution in [3.63, 3.8) is 0 Å². The van der Waals surface area contributed by atoms with Crippen LogP contribution >= 0.6 is 24.0 Å². The minimum Gasteiger partial charge on any atom is -0.394 e. The molecule has 0 aromatic carbocycles. The van der Waals surface area contributed by atoms with E-state index in [0.717, 1.165) is 12.0 Å². The van der Waals surface area contributed by atoms with Crippen molar-refractivity contribution in [1.82, 2.24) is 14.3 Å². The molecule has 3 rings (SSSR count). The molecule has 30 heavy (non-hydrogen) atoms. The molecule has 0 atom stereocenters. The normalized spacial score (nSPS) is 15.6. The maximum Gasteiger partial charge on any atom is 0.267 e. The van der Waals surface area contributed by atoms with Gasteiger partial charge in [-0.15, -0.1) is 0 Å². The first-order valence-corrected chi connectivity index (χ1v) is 10.9. The molecule has 3 heterocycles. The van der Waals surface area contributed by atoms with Crippen LogP contribution in [0.2, 0.25) is 0 Å². The SMILES string of the molecule is CCCN1C(=O)/C(=C\c2c(NCCOCCO)nc3c(C)cccn3c2=O)SC1=S. The van der Waals surface area contributed by atoms with Crippen LogP contribution in [0.1, 0.15) is 24.5 Å². The van der Waals surface area contributed by atoms with Crippen LogP contribution in [-0.4, -0.2) is 62.5 Å². The van der Waals surface area contributed by atoms with E-state index < -0.39 is 0 Å². The van der Waals surface area contributed by atoms with Crippen molar-refractivity contribution in [1.29, 1.82) is 0 Å². The zero-order valence-electron chi connectivity index (χ0n) is 16.9. The van der Waals surface area contributed by atoms with E-state index in [1.165, 1.54) is 16.2 Å². The van der Waals surface area contributed by atoms with E-state index in [1.807, 2.05) is 19.9 Å². The standard InChI is InChI=1S/C20H24N4O4S2/c1-3-7-24-19(27)15(30-20(24)29)12-14-16(21-6-10-28-11-9-25)22-17-13(2)5-4-8-23(17)18(14)26/h4-5,8,12,21,25H,3,6-7,9-11H2,1-2H3/b15-12+. The number of anilines is 1. The van der Waals surface area contributed by atoms with Crippen LogP contribution in [0.25, 0.3) is 11.7 Å². The highest BCUT2D eigenvalue weighted by atomic mass is 32.2. The highest BCUT2D eigenvalue weighted by Crippen LogP contribution is 2.33. The molecular formula is C20H24N4O4S2. The monoisotopic (exact) mass is 448 g/mol. The minimum atomic E-state index is -0.275. The number of hydrogen-bond acceptors (Lipinski definition) is 8. The molecule has 2 aromatic rings. The lowest BCUT2D eigenvalue weighted by Crippen LogP contribution is -2.28. The molecule has 1 fully saturated rings. The van der Waals surface area contributed by atoms with Gasteiger partial charge in [-0.05, 0) is 31.1 Å².